The first-order chi connectivity index (χ1) is 14.4. The number of aryl methyl sites for hydroxylation is 1. The maximum atomic E-state index is 12.7. The van der Waals surface area contributed by atoms with Gasteiger partial charge in [0.05, 0.1) is 5.75 Å². The number of hydrogen-bond acceptors (Lipinski definition) is 4. The Morgan fingerprint density at radius 1 is 1.23 bits per heavy atom. The molecule has 0 spiro atoms. The fourth-order valence-corrected chi connectivity index (χ4v) is 4.02. The molecule has 5 nitrogen and oxygen atoms in total. The van der Waals surface area contributed by atoms with Crippen molar-refractivity contribution < 1.29 is 4.79 Å². The van der Waals surface area contributed by atoms with Gasteiger partial charge in [0, 0.05) is 22.8 Å². The SMILES string of the molecule is C=CCn1c(SCC(=O)Nc2c(C)cccc2C(C)C)nnc1-c1ccc(Cl)cc1. The number of thioether (sulfide) groups is 1. The highest BCUT2D eigenvalue weighted by molar-refractivity contribution is 7.99. The van der Waals surface area contributed by atoms with Crippen LogP contribution in [-0.2, 0) is 11.3 Å². The van der Waals surface area contributed by atoms with Crippen molar-refractivity contribution in [2.75, 3.05) is 11.1 Å². The molecule has 3 rings (SSSR count). The second-order valence-electron chi connectivity index (χ2n) is 7.24. The van der Waals surface area contributed by atoms with Gasteiger partial charge in [-0.05, 0) is 48.2 Å². The smallest absolute Gasteiger partial charge is 0.234 e. The molecule has 1 heterocycles. The largest absolute Gasteiger partial charge is 0.325 e. The van der Waals surface area contributed by atoms with E-state index in [1.807, 2.05) is 47.9 Å². The van der Waals surface area contributed by atoms with Gasteiger partial charge in [0.1, 0.15) is 0 Å². The lowest BCUT2D eigenvalue weighted by atomic mass is 9.98. The highest BCUT2D eigenvalue weighted by atomic mass is 35.5. The molecule has 0 unspecified atom stereocenters. The summed E-state index contributed by atoms with van der Waals surface area (Å²) < 4.78 is 1.95. The summed E-state index contributed by atoms with van der Waals surface area (Å²) in [6, 6.07) is 13.5. The minimum absolute atomic E-state index is 0.0719. The fraction of sp³-hybridized carbons (Fsp3) is 0.261. The van der Waals surface area contributed by atoms with Gasteiger partial charge in [0.25, 0.3) is 0 Å². The van der Waals surface area contributed by atoms with Crippen LogP contribution in [0, 0.1) is 6.92 Å². The minimum Gasteiger partial charge on any atom is -0.325 e. The van der Waals surface area contributed by atoms with Crippen molar-refractivity contribution in [3.63, 3.8) is 0 Å². The van der Waals surface area contributed by atoms with Gasteiger partial charge in [-0.1, -0.05) is 61.5 Å². The van der Waals surface area contributed by atoms with Crippen LogP contribution in [0.25, 0.3) is 11.4 Å². The highest BCUT2D eigenvalue weighted by Crippen LogP contribution is 2.29. The van der Waals surface area contributed by atoms with E-state index in [1.54, 1.807) is 6.08 Å². The quantitative estimate of drug-likeness (QED) is 0.347. The summed E-state index contributed by atoms with van der Waals surface area (Å²) in [5.74, 6) is 1.21. The van der Waals surface area contributed by atoms with Gasteiger partial charge in [-0.25, -0.2) is 0 Å². The maximum absolute atomic E-state index is 12.7. The lowest BCUT2D eigenvalue weighted by molar-refractivity contribution is -0.113. The van der Waals surface area contributed by atoms with Gasteiger partial charge in [0.2, 0.25) is 5.91 Å². The summed E-state index contributed by atoms with van der Waals surface area (Å²) in [5, 5.41) is 13.0. The first-order valence-electron chi connectivity index (χ1n) is 9.73. The Balaban J connectivity index is 1.75. The minimum atomic E-state index is -0.0719. The molecule has 7 heteroatoms. The molecule has 0 saturated carbocycles. The standard InChI is InChI=1S/C23H25ClN4OS/c1-5-13-28-22(17-9-11-18(24)12-10-17)26-27-23(28)30-14-20(29)25-21-16(4)7-6-8-19(21)15(2)3/h5-12,15H,1,13-14H2,2-4H3,(H,25,29). The molecule has 2 aromatic carbocycles. The summed E-state index contributed by atoms with van der Waals surface area (Å²) in [5.41, 5.74) is 3.99. The molecule has 30 heavy (non-hydrogen) atoms. The van der Waals surface area contributed by atoms with Crippen LogP contribution in [0.1, 0.15) is 30.9 Å². The molecule has 0 bridgehead atoms. The molecule has 0 saturated heterocycles. The monoisotopic (exact) mass is 440 g/mol. The number of para-hydroxylation sites is 1. The van der Waals surface area contributed by atoms with Crippen LogP contribution in [-0.4, -0.2) is 26.4 Å². The number of hydrogen-bond donors (Lipinski definition) is 1. The van der Waals surface area contributed by atoms with E-state index in [9.17, 15) is 4.79 Å². The summed E-state index contributed by atoms with van der Waals surface area (Å²) >= 11 is 7.35. The van der Waals surface area contributed by atoms with E-state index in [4.69, 9.17) is 11.6 Å². The second kappa shape index (κ2) is 9.96. The average molecular weight is 441 g/mol. The van der Waals surface area contributed by atoms with Gasteiger partial charge in [-0.15, -0.1) is 16.8 Å². The number of aromatic nitrogens is 3. The zero-order valence-corrected chi connectivity index (χ0v) is 18.9. The van der Waals surface area contributed by atoms with E-state index in [1.165, 1.54) is 11.8 Å². The third-order valence-corrected chi connectivity index (χ3v) is 5.87. The normalized spacial score (nSPS) is 11.0. The number of anilines is 1. The Labute approximate surface area is 186 Å². The summed E-state index contributed by atoms with van der Waals surface area (Å²) in [4.78, 5) is 12.7. The third kappa shape index (κ3) is 5.12. The summed E-state index contributed by atoms with van der Waals surface area (Å²) in [7, 11) is 0. The van der Waals surface area contributed by atoms with E-state index in [2.05, 4.69) is 42.0 Å². The van der Waals surface area contributed by atoms with Crippen LogP contribution in [0.5, 0.6) is 0 Å². The van der Waals surface area contributed by atoms with Crippen molar-refractivity contribution in [1.29, 1.82) is 0 Å². The molecule has 0 fully saturated rings. The summed E-state index contributed by atoms with van der Waals surface area (Å²) in [6.07, 6.45) is 1.79. The zero-order chi connectivity index (χ0) is 21.7. The zero-order valence-electron chi connectivity index (χ0n) is 17.4. The molecular weight excluding hydrogens is 416 g/mol. The number of benzene rings is 2. The van der Waals surface area contributed by atoms with E-state index < -0.39 is 0 Å². The number of carbonyl (C=O) groups is 1. The van der Waals surface area contributed by atoms with E-state index in [0.29, 0.717) is 22.6 Å². The predicted molar refractivity (Wildman–Crippen MR) is 125 cm³/mol. The topological polar surface area (TPSA) is 59.8 Å². The van der Waals surface area contributed by atoms with Crippen molar-refractivity contribution in [3.05, 3.63) is 71.3 Å². The van der Waals surface area contributed by atoms with Crippen LogP contribution >= 0.6 is 23.4 Å². The van der Waals surface area contributed by atoms with Crippen molar-refractivity contribution in [2.45, 2.75) is 38.4 Å². The highest BCUT2D eigenvalue weighted by Gasteiger charge is 2.16. The molecule has 0 aliphatic heterocycles. The van der Waals surface area contributed by atoms with Crippen molar-refractivity contribution in [2.24, 2.45) is 0 Å². The van der Waals surface area contributed by atoms with Crippen molar-refractivity contribution >= 4 is 35.0 Å². The van der Waals surface area contributed by atoms with Gasteiger partial charge < -0.3 is 5.32 Å². The van der Waals surface area contributed by atoms with E-state index >= 15 is 0 Å². The van der Waals surface area contributed by atoms with Crippen LogP contribution in [0.4, 0.5) is 5.69 Å². The maximum Gasteiger partial charge on any atom is 0.234 e. The molecule has 1 aromatic heterocycles. The van der Waals surface area contributed by atoms with Crippen molar-refractivity contribution in [3.8, 4) is 11.4 Å². The lowest BCUT2D eigenvalue weighted by Crippen LogP contribution is -2.17. The van der Waals surface area contributed by atoms with Crippen LogP contribution in [0.15, 0.2) is 60.3 Å². The number of amides is 1. The summed E-state index contributed by atoms with van der Waals surface area (Å²) in [6.45, 7) is 10.6. The molecule has 0 atom stereocenters. The molecule has 0 aliphatic carbocycles. The van der Waals surface area contributed by atoms with E-state index in [-0.39, 0.29) is 11.7 Å². The Kier molecular flexibility index (Phi) is 7.34. The van der Waals surface area contributed by atoms with Gasteiger partial charge in [-0.2, -0.15) is 0 Å². The molecule has 156 valence electrons. The number of rotatable bonds is 8. The Morgan fingerprint density at radius 3 is 2.63 bits per heavy atom. The van der Waals surface area contributed by atoms with E-state index in [0.717, 1.165) is 28.2 Å². The molecular formula is C23H25ClN4OS. The molecule has 1 N–H and O–H groups in total. The first kappa shape index (κ1) is 22.1. The number of nitrogens with zero attached hydrogens (tertiary/aromatic N) is 3. The van der Waals surface area contributed by atoms with Crippen LogP contribution in [0.3, 0.4) is 0 Å². The third-order valence-electron chi connectivity index (χ3n) is 4.65. The lowest BCUT2D eigenvalue weighted by Gasteiger charge is -2.16. The molecule has 0 radical (unpaired) electrons. The Morgan fingerprint density at radius 2 is 1.97 bits per heavy atom. The molecule has 1 amide bonds. The Hall–Kier alpha value is -2.57. The van der Waals surface area contributed by atoms with Crippen molar-refractivity contribution in [1.82, 2.24) is 14.8 Å². The number of nitrogens with one attached hydrogen (secondary N) is 1. The van der Waals surface area contributed by atoms with Crippen LogP contribution in [0.2, 0.25) is 5.02 Å². The first-order valence-corrected chi connectivity index (χ1v) is 11.1. The van der Waals surface area contributed by atoms with Gasteiger partial charge >= 0.3 is 0 Å². The van der Waals surface area contributed by atoms with Crippen LogP contribution < -0.4 is 5.32 Å². The number of halogens is 1. The number of allylic oxidation sites excluding steroid dienone is 1. The average Bonchev–Trinajstić information content (AvgIpc) is 3.11. The molecule has 3 aromatic rings. The van der Waals surface area contributed by atoms with Gasteiger partial charge in [0.15, 0.2) is 11.0 Å². The molecule has 0 aliphatic rings. The predicted octanol–water partition coefficient (Wildman–Crippen LogP) is 5.95. The fourth-order valence-electron chi connectivity index (χ4n) is 3.15. The second-order valence-corrected chi connectivity index (χ2v) is 8.62. The Bertz CT molecular complexity index is 1040. The van der Waals surface area contributed by atoms with Gasteiger partial charge in [-0.3, -0.25) is 9.36 Å². The number of carbonyl (C=O) groups excluding carboxylic acids is 1.